The van der Waals surface area contributed by atoms with Crippen LogP contribution in [0.4, 0.5) is 5.69 Å². The minimum absolute atomic E-state index is 0.0126. The Labute approximate surface area is 118 Å². The number of nitro groups is 1. The first-order chi connectivity index (χ1) is 8.51. The summed E-state index contributed by atoms with van der Waals surface area (Å²) in [7, 11) is 1.89. The van der Waals surface area contributed by atoms with Crippen LogP contribution in [0, 0.1) is 10.1 Å². The molecule has 0 unspecified atom stereocenters. The summed E-state index contributed by atoms with van der Waals surface area (Å²) in [5.74, 6) is 0.254. The lowest BCUT2D eigenvalue weighted by molar-refractivity contribution is -0.386. The third-order valence-electron chi connectivity index (χ3n) is 2.97. The molecule has 98 valence electrons. The Hall–Kier alpha value is -0.850. The Morgan fingerprint density at radius 2 is 2.22 bits per heavy atom. The first kappa shape index (κ1) is 13.6. The molecule has 1 aliphatic carbocycles. The van der Waals surface area contributed by atoms with Crippen molar-refractivity contribution in [3.05, 3.63) is 31.7 Å². The largest absolute Gasteiger partial charge is 0.483 e. The van der Waals surface area contributed by atoms with Crippen molar-refractivity contribution in [1.82, 2.24) is 5.32 Å². The number of benzene rings is 1. The number of nitrogens with zero attached hydrogens (tertiary/aromatic N) is 1. The molecular weight excluding hydrogens is 323 g/mol. The molecule has 1 aliphatic rings. The Bertz CT molecular complexity index is 478. The van der Waals surface area contributed by atoms with E-state index < -0.39 is 4.92 Å². The van der Waals surface area contributed by atoms with E-state index in [0.29, 0.717) is 15.5 Å². The summed E-state index contributed by atoms with van der Waals surface area (Å²) in [6.07, 6.45) is 1.71. The number of nitrogens with one attached hydrogen (secondary N) is 1. The molecule has 0 aromatic heterocycles. The summed E-state index contributed by atoms with van der Waals surface area (Å²) in [5.41, 5.74) is -0.109. The predicted molar refractivity (Wildman–Crippen MR) is 72.3 cm³/mol. The highest BCUT2D eigenvalue weighted by Crippen LogP contribution is 2.40. The zero-order chi connectivity index (χ0) is 13.3. The Morgan fingerprint density at radius 1 is 1.56 bits per heavy atom. The lowest BCUT2D eigenvalue weighted by atomic mass is 9.89. The van der Waals surface area contributed by atoms with Gasteiger partial charge >= 0.3 is 5.69 Å². The highest BCUT2D eigenvalue weighted by atomic mass is 79.9. The summed E-state index contributed by atoms with van der Waals surface area (Å²) < 4.78 is 6.18. The van der Waals surface area contributed by atoms with Gasteiger partial charge in [0.05, 0.1) is 9.40 Å². The third kappa shape index (κ3) is 2.76. The van der Waals surface area contributed by atoms with Crippen LogP contribution in [0.2, 0.25) is 5.02 Å². The van der Waals surface area contributed by atoms with E-state index in [0.717, 1.165) is 12.8 Å². The third-order valence-corrected chi connectivity index (χ3v) is 3.78. The number of nitro benzene ring substituents is 1. The lowest BCUT2D eigenvalue weighted by Gasteiger charge is -2.35. The van der Waals surface area contributed by atoms with Crippen LogP contribution in [0.15, 0.2) is 16.6 Å². The molecule has 0 atom stereocenters. The number of hydrogen-bond donors (Lipinski definition) is 1. The van der Waals surface area contributed by atoms with Gasteiger partial charge in [0.2, 0.25) is 5.75 Å². The fourth-order valence-electron chi connectivity index (χ4n) is 1.86. The zero-order valence-corrected chi connectivity index (χ0v) is 12.0. The van der Waals surface area contributed by atoms with E-state index in [9.17, 15) is 10.1 Å². The van der Waals surface area contributed by atoms with Crippen LogP contribution in [0.1, 0.15) is 12.8 Å². The number of hydrogen-bond acceptors (Lipinski definition) is 4. The maximum Gasteiger partial charge on any atom is 0.313 e. The van der Waals surface area contributed by atoms with Crippen molar-refractivity contribution >= 4 is 33.2 Å². The van der Waals surface area contributed by atoms with Crippen LogP contribution in [-0.2, 0) is 0 Å². The molecule has 0 radical (unpaired) electrons. The maximum absolute atomic E-state index is 11.0. The van der Waals surface area contributed by atoms with Crippen LogP contribution < -0.4 is 10.1 Å². The van der Waals surface area contributed by atoms with Gasteiger partial charge < -0.3 is 10.1 Å². The molecule has 1 N–H and O–H groups in total. The Balaban J connectivity index is 2.19. The molecule has 18 heavy (non-hydrogen) atoms. The summed E-state index contributed by atoms with van der Waals surface area (Å²) in [5, 5.41) is 14.4. The van der Waals surface area contributed by atoms with Crippen LogP contribution in [-0.4, -0.2) is 24.1 Å². The SMILES string of the molecule is CNC1CC(Oc2c(Br)cc(Cl)cc2[N+](=O)[O-])C1. The van der Waals surface area contributed by atoms with E-state index in [-0.39, 0.29) is 17.5 Å². The van der Waals surface area contributed by atoms with Crippen LogP contribution in [0.5, 0.6) is 5.75 Å². The standard InChI is InChI=1S/C11H12BrClN2O3/c1-14-7-4-8(5-7)18-11-9(12)2-6(13)3-10(11)15(16)17/h2-3,7-8,14H,4-5H2,1H3. The van der Waals surface area contributed by atoms with Gasteiger partial charge in [-0.15, -0.1) is 0 Å². The number of ether oxygens (including phenoxy) is 1. The Kier molecular flexibility index (Phi) is 4.09. The van der Waals surface area contributed by atoms with Crippen molar-refractivity contribution in [3.63, 3.8) is 0 Å². The molecule has 0 aliphatic heterocycles. The van der Waals surface area contributed by atoms with E-state index in [4.69, 9.17) is 16.3 Å². The van der Waals surface area contributed by atoms with Gasteiger partial charge in [0, 0.05) is 17.1 Å². The van der Waals surface area contributed by atoms with E-state index in [1.165, 1.54) is 6.07 Å². The highest BCUT2D eigenvalue weighted by molar-refractivity contribution is 9.10. The molecule has 2 rings (SSSR count). The smallest absolute Gasteiger partial charge is 0.313 e. The van der Waals surface area contributed by atoms with Crippen LogP contribution in [0.3, 0.4) is 0 Å². The van der Waals surface area contributed by atoms with Gasteiger partial charge in [0.25, 0.3) is 0 Å². The Morgan fingerprint density at radius 3 is 2.78 bits per heavy atom. The fourth-order valence-corrected chi connectivity index (χ4v) is 2.75. The van der Waals surface area contributed by atoms with E-state index in [2.05, 4.69) is 21.2 Å². The molecule has 0 saturated heterocycles. The molecule has 1 fully saturated rings. The van der Waals surface area contributed by atoms with Gasteiger partial charge in [-0.1, -0.05) is 11.6 Å². The van der Waals surface area contributed by atoms with Gasteiger partial charge in [-0.2, -0.15) is 0 Å². The van der Waals surface area contributed by atoms with Crippen LogP contribution in [0.25, 0.3) is 0 Å². The minimum atomic E-state index is -0.486. The second kappa shape index (κ2) is 5.42. The highest BCUT2D eigenvalue weighted by Gasteiger charge is 2.32. The predicted octanol–water partition coefficient (Wildman–Crippen LogP) is 3.14. The lowest BCUT2D eigenvalue weighted by Crippen LogP contribution is -2.45. The van der Waals surface area contributed by atoms with Crippen molar-refractivity contribution < 1.29 is 9.66 Å². The van der Waals surface area contributed by atoms with Crippen molar-refractivity contribution in [3.8, 4) is 5.75 Å². The van der Waals surface area contributed by atoms with Gasteiger partial charge in [0.15, 0.2) is 0 Å². The maximum atomic E-state index is 11.0. The quantitative estimate of drug-likeness (QED) is 0.678. The topological polar surface area (TPSA) is 64.4 Å². The molecule has 1 aromatic rings. The van der Waals surface area contributed by atoms with Gasteiger partial charge in [-0.05, 0) is 41.9 Å². The first-order valence-electron chi connectivity index (χ1n) is 5.48. The van der Waals surface area contributed by atoms with E-state index in [1.807, 2.05) is 7.05 Å². The summed E-state index contributed by atoms with van der Waals surface area (Å²) >= 11 is 9.05. The second-order valence-electron chi connectivity index (χ2n) is 4.19. The molecule has 0 spiro atoms. The molecule has 1 aromatic carbocycles. The molecule has 0 bridgehead atoms. The van der Waals surface area contributed by atoms with Crippen molar-refractivity contribution in [2.45, 2.75) is 25.0 Å². The average Bonchev–Trinajstić information content (AvgIpc) is 2.24. The molecule has 7 heteroatoms. The van der Waals surface area contributed by atoms with Crippen molar-refractivity contribution in [1.29, 1.82) is 0 Å². The normalized spacial score (nSPS) is 22.4. The number of halogens is 2. The molecule has 0 amide bonds. The van der Waals surface area contributed by atoms with Gasteiger partial charge in [-0.25, -0.2) is 0 Å². The van der Waals surface area contributed by atoms with Crippen molar-refractivity contribution in [2.24, 2.45) is 0 Å². The van der Waals surface area contributed by atoms with Crippen LogP contribution >= 0.6 is 27.5 Å². The zero-order valence-electron chi connectivity index (χ0n) is 9.65. The monoisotopic (exact) mass is 334 g/mol. The molecule has 0 heterocycles. The van der Waals surface area contributed by atoms with E-state index in [1.54, 1.807) is 6.07 Å². The fraction of sp³-hybridized carbons (Fsp3) is 0.455. The average molecular weight is 336 g/mol. The second-order valence-corrected chi connectivity index (χ2v) is 5.48. The summed E-state index contributed by atoms with van der Waals surface area (Å²) in [4.78, 5) is 10.5. The first-order valence-corrected chi connectivity index (χ1v) is 6.65. The number of rotatable bonds is 4. The van der Waals surface area contributed by atoms with Gasteiger partial charge in [-0.3, -0.25) is 10.1 Å². The van der Waals surface area contributed by atoms with Crippen molar-refractivity contribution in [2.75, 3.05) is 7.05 Å². The van der Waals surface area contributed by atoms with Gasteiger partial charge in [0.1, 0.15) is 6.10 Å². The molecule has 5 nitrogen and oxygen atoms in total. The summed E-state index contributed by atoms with van der Waals surface area (Å²) in [6, 6.07) is 3.33. The van der Waals surface area contributed by atoms with E-state index >= 15 is 0 Å². The summed E-state index contributed by atoms with van der Waals surface area (Å²) in [6.45, 7) is 0. The molecule has 1 saturated carbocycles. The molecular formula is C11H12BrClN2O3. The minimum Gasteiger partial charge on any atom is -0.483 e.